The van der Waals surface area contributed by atoms with Crippen molar-refractivity contribution < 1.29 is 4.79 Å². The van der Waals surface area contributed by atoms with Gasteiger partial charge in [0.25, 0.3) is 0 Å². The van der Waals surface area contributed by atoms with E-state index in [4.69, 9.17) is 5.73 Å². The number of amides is 1. The summed E-state index contributed by atoms with van der Waals surface area (Å²) in [6.45, 7) is 0. The Kier molecular flexibility index (Phi) is 1.98. The maximum absolute atomic E-state index is 10.9. The average molecular weight is 188 g/mol. The van der Waals surface area contributed by atoms with E-state index in [1.165, 1.54) is 0 Å². The first kappa shape index (κ1) is 8.43. The van der Waals surface area contributed by atoms with Crippen LogP contribution in [0.4, 0.5) is 0 Å². The van der Waals surface area contributed by atoms with Crippen molar-refractivity contribution in [1.82, 2.24) is 15.0 Å². The zero-order chi connectivity index (χ0) is 9.97. The lowest BCUT2D eigenvalue weighted by molar-refractivity contribution is 0.100. The summed E-state index contributed by atoms with van der Waals surface area (Å²) in [6.07, 6.45) is 3.26. The molecule has 0 fully saturated rings. The van der Waals surface area contributed by atoms with Crippen LogP contribution < -0.4 is 5.73 Å². The summed E-state index contributed by atoms with van der Waals surface area (Å²) in [5.74, 6) is -0.452. The molecule has 0 saturated heterocycles. The van der Waals surface area contributed by atoms with Gasteiger partial charge in [-0.25, -0.2) is 4.68 Å². The van der Waals surface area contributed by atoms with E-state index in [-0.39, 0.29) is 0 Å². The van der Waals surface area contributed by atoms with Crippen molar-refractivity contribution in [1.29, 1.82) is 0 Å². The summed E-state index contributed by atoms with van der Waals surface area (Å²) in [7, 11) is 0. The highest BCUT2D eigenvalue weighted by Crippen LogP contribution is 2.08. The second-order valence-electron chi connectivity index (χ2n) is 2.76. The van der Waals surface area contributed by atoms with Gasteiger partial charge in [-0.3, -0.25) is 4.79 Å². The number of primary amides is 1. The summed E-state index contributed by atoms with van der Waals surface area (Å²) in [5.41, 5.74) is 6.37. The molecule has 1 aromatic carbocycles. The Balaban J connectivity index is 2.46. The van der Waals surface area contributed by atoms with E-state index < -0.39 is 5.91 Å². The van der Waals surface area contributed by atoms with Gasteiger partial charge in [0.2, 0.25) is 5.91 Å². The molecule has 14 heavy (non-hydrogen) atoms. The molecule has 0 aliphatic rings. The van der Waals surface area contributed by atoms with Gasteiger partial charge in [0.1, 0.15) is 0 Å². The summed E-state index contributed by atoms with van der Waals surface area (Å²) >= 11 is 0. The minimum atomic E-state index is -0.452. The maximum atomic E-state index is 10.9. The van der Waals surface area contributed by atoms with Gasteiger partial charge in [-0.2, -0.15) is 0 Å². The van der Waals surface area contributed by atoms with Crippen LogP contribution >= 0.6 is 0 Å². The predicted molar refractivity (Wildman–Crippen MR) is 49.9 cm³/mol. The lowest BCUT2D eigenvalue weighted by atomic mass is 10.2. The second-order valence-corrected chi connectivity index (χ2v) is 2.76. The van der Waals surface area contributed by atoms with E-state index in [9.17, 15) is 4.79 Å². The van der Waals surface area contributed by atoms with Crippen LogP contribution in [0, 0.1) is 0 Å². The van der Waals surface area contributed by atoms with Crippen molar-refractivity contribution in [3.8, 4) is 5.69 Å². The zero-order valence-corrected chi connectivity index (χ0v) is 7.29. The Morgan fingerprint density at radius 1 is 1.43 bits per heavy atom. The Hall–Kier alpha value is -2.17. The van der Waals surface area contributed by atoms with Crippen LogP contribution in [0.2, 0.25) is 0 Å². The Morgan fingerprint density at radius 2 is 2.29 bits per heavy atom. The molecule has 1 amide bonds. The first-order valence-electron chi connectivity index (χ1n) is 4.04. The highest BCUT2D eigenvalue weighted by Gasteiger charge is 2.02. The van der Waals surface area contributed by atoms with Gasteiger partial charge in [0.15, 0.2) is 0 Å². The summed E-state index contributed by atoms with van der Waals surface area (Å²) in [6, 6.07) is 6.89. The molecule has 0 atom stereocenters. The largest absolute Gasteiger partial charge is 0.366 e. The molecular formula is C9H8N4O. The molecule has 2 N–H and O–H groups in total. The number of carbonyl (C=O) groups excluding carboxylic acids is 1. The molecule has 0 aliphatic carbocycles. The van der Waals surface area contributed by atoms with Crippen LogP contribution in [0.25, 0.3) is 5.69 Å². The molecule has 2 rings (SSSR count). The summed E-state index contributed by atoms with van der Waals surface area (Å²) < 4.78 is 1.56. The molecule has 1 heterocycles. The summed E-state index contributed by atoms with van der Waals surface area (Å²) in [4.78, 5) is 10.9. The highest BCUT2D eigenvalue weighted by atomic mass is 16.1. The molecule has 0 saturated carbocycles. The Morgan fingerprint density at radius 3 is 2.93 bits per heavy atom. The molecule has 5 nitrogen and oxygen atoms in total. The van der Waals surface area contributed by atoms with Crippen molar-refractivity contribution >= 4 is 5.91 Å². The molecule has 5 heteroatoms. The van der Waals surface area contributed by atoms with E-state index in [1.807, 2.05) is 6.07 Å². The maximum Gasteiger partial charge on any atom is 0.248 e. The minimum absolute atomic E-state index is 0.452. The molecule has 70 valence electrons. The third kappa shape index (κ3) is 1.47. The fraction of sp³-hybridized carbons (Fsp3) is 0. The molecule has 0 aliphatic heterocycles. The van der Waals surface area contributed by atoms with Crippen LogP contribution in [-0.2, 0) is 0 Å². The lowest BCUT2D eigenvalue weighted by Crippen LogP contribution is -2.11. The van der Waals surface area contributed by atoms with Gasteiger partial charge in [-0.1, -0.05) is 11.3 Å². The number of hydrogen-bond donors (Lipinski definition) is 1. The van der Waals surface area contributed by atoms with Gasteiger partial charge in [0.05, 0.1) is 18.1 Å². The number of nitrogens with zero attached hydrogens (tertiary/aromatic N) is 3. The summed E-state index contributed by atoms with van der Waals surface area (Å²) in [5, 5.41) is 7.47. The molecule has 2 aromatic rings. The first-order valence-corrected chi connectivity index (χ1v) is 4.04. The van der Waals surface area contributed by atoms with Crippen molar-refractivity contribution in [3.63, 3.8) is 0 Å². The Bertz CT molecular complexity index is 450. The average Bonchev–Trinajstić information content (AvgIpc) is 2.71. The third-order valence-electron chi connectivity index (χ3n) is 1.82. The molecular weight excluding hydrogens is 180 g/mol. The van der Waals surface area contributed by atoms with Gasteiger partial charge in [-0.15, -0.1) is 5.10 Å². The number of carbonyl (C=O) groups is 1. The SMILES string of the molecule is NC(=O)c1cccc(-n2ccnn2)c1. The number of rotatable bonds is 2. The zero-order valence-electron chi connectivity index (χ0n) is 7.29. The lowest BCUT2D eigenvalue weighted by Gasteiger charge is -2.01. The monoisotopic (exact) mass is 188 g/mol. The van der Waals surface area contributed by atoms with Crippen molar-refractivity contribution in [2.45, 2.75) is 0 Å². The van der Waals surface area contributed by atoms with Gasteiger partial charge in [0, 0.05) is 5.56 Å². The molecule has 0 radical (unpaired) electrons. The first-order chi connectivity index (χ1) is 6.77. The third-order valence-corrected chi connectivity index (χ3v) is 1.82. The van der Waals surface area contributed by atoms with E-state index in [1.54, 1.807) is 35.3 Å². The van der Waals surface area contributed by atoms with Gasteiger partial charge >= 0.3 is 0 Å². The topological polar surface area (TPSA) is 73.8 Å². The van der Waals surface area contributed by atoms with Gasteiger partial charge < -0.3 is 5.73 Å². The quantitative estimate of drug-likeness (QED) is 0.739. The second kappa shape index (κ2) is 3.29. The van der Waals surface area contributed by atoms with Crippen LogP contribution in [0.15, 0.2) is 36.7 Å². The van der Waals surface area contributed by atoms with E-state index >= 15 is 0 Å². The van der Waals surface area contributed by atoms with Crippen LogP contribution in [-0.4, -0.2) is 20.9 Å². The standard InChI is InChI=1S/C9H8N4O/c10-9(14)7-2-1-3-8(6-7)13-5-4-11-12-13/h1-6H,(H2,10,14). The van der Waals surface area contributed by atoms with E-state index in [0.717, 1.165) is 5.69 Å². The van der Waals surface area contributed by atoms with Crippen LogP contribution in [0.5, 0.6) is 0 Å². The fourth-order valence-corrected chi connectivity index (χ4v) is 1.15. The molecule has 0 unspecified atom stereocenters. The van der Waals surface area contributed by atoms with Crippen molar-refractivity contribution in [2.24, 2.45) is 5.73 Å². The van der Waals surface area contributed by atoms with E-state index in [0.29, 0.717) is 5.56 Å². The smallest absolute Gasteiger partial charge is 0.248 e. The normalized spacial score (nSPS) is 10.0. The minimum Gasteiger partial charge on any atom is -0.366 e. The number of benzene rings is 1. The van der Waals surface area contributed by atoms with E-state index in [2.05, 4.69) is 10.3 Å². The molecule has 0 bridgehead atoms. The van der Waals surface area contributed by atoms with Crippen molar-refractivity contribution in [3.05, 3.63) is 42.2 Å². The number of hydrogen-bond acceptors (Lipinski definition) is 3. The van der Waals surface area contributed by atoms with Gasteiger partial charge in [-0.05, 0) is 18.2 Å². The highest BCUT2D eigenvalue weighted by molar-refractivity contribution is 5.93. The number of nitrogens with two attached hydrogens (primary N) is 1. The van der Waals surface area contributed by atoms with Crippen molar-refractivity contribution in [2.75, 3.05) is 0 Å². The molecule has 1 aromatic heterocycles. The Labute approximate surface area is 80.2 Å². The van der Waals surface area contributed by atoms with Crippen LogP contribution in [0.3, 0.4) is 0 Å². The number of aromatic nitrogens is 3. The van der Waals surface area contributed by atoms with Crippen LogP contribution in [0.1, 0.15) is 10.4 Å². The predicted octanol–water partition coefficient (Wildman–Crippen LogP) is 0.366. The molecule has 0 spiro atoms. The fourth-order valence-electron chi connectivity index (χ4n) is 1.15.